The molecule has 6 nitrogen and oxygen atoms in total. The number of aryl methyl sites for hydroxylation is 1. The van der Waals surface area contributed by atoms with Crippen LogP contribution in [0.15, 0.2) is 17.3 Å². The molecule has 1 aliphatic rings. The molecule has 1 unspecified atom stereocenters. The molecule has 1 aromatic heterocycles. The van der Waals surface area contributed by atoms with Gasteiger partial charge in [-0.05, 0) is 13.5 Å². The molecule has 1 atom stereocenters. The van der Waals surface area contributed by atoms with Gasteiger partial charge in [-0.25, -0.2) is 8.42 Å². The zero-order valence-electron chi connectivity index (χ0n) is 11.9. The standard InChI is InChI=1S/C12H21ClN4O2S/c1-3-11-9-17(7-6-15(11)2)20(18,19)12-8-14-16(10-12)5-4-13/h8,10-11H,3-7,9H2,1-2H3. The minimum atomic E-state index is -3.45. The van der Waals surface area contributed by atoms with Gasteiger partial charge in [-0.1, -0.05) is 6.92 Å². The summed E-state index contributed by atoms with van der Waals surface area (Å²) in [7, 11) is -1.41. The number of nitrogens with zero attached hydrogens (tertiary/aromatic N) is 4. The fourth-order valence-corrected chi connectivity index (χ4v) is 4.01. The number of hydrogen-bond donors (Lipinski definition) is 0. The Bertz CT molecular complexity index is 545. The van der Waals surface area contributed by atoms with Crippen molar-refractivity contribution in [3.8, 4) is 0 Å². The van der Waals surface area contributed by atoms with Crippen molar-refractivity contribution in [1.29, 1.82) is 0 Å². The number of likely N-dealkylation sites (N-methyl/N-ethyl adjacent to an activating group) is 1. The fourth-order valence-electron chi connectivity index (χ4n) is 2.41. The Kier molecular flexibility index (Phi) is 5.06. The van der Waals surface area contributed by atoms with Gasteiger partial charge >= 0.3 is 0 Å². The van der Waals surface area contributed by atoms with Gasteiger partial charge in [0.1, 0.15) is 4.90 Å². The maximum atomic E-state index is 12.6. The summed E-state index contributed by atoms with van der Waals surface area (Å²) in [5, 5.41) is 4.04. The Hall–Kier alpha value is -0.630. The molecule has 1 saturated heterocycles. The van der Waals surface area contributed by atoms with Crippen LogP contribution in [0.5, 0.6) is 0 Å². The van der Waals surface area contributed by atoms with Gasteiger partial charge in [0.05, 0.1) is 12.7 Å². The molecule has 0 saturated carbocycles. The molecule has 0 N–H and O–H groups in total. The number of sulfonamides is 1. The van der Waals surface area contributed by atoms with Gasteiger partial charge in [0, 0.05) is 37.8 Å². The maximum absolute atomic E-state index is 12.6. The minimum Gasteiger partial charge on any atom is -0.301 e. The quantitative estimate of drug-likeness (QED) is 0.754. The van der Waals surface area contributed by atoms with Crippen LogP contribution in [0.3, 0.4) is 0 Å². The van der Waals surface area contributed by atoms with E-state index in [0.717, 1.165) is 13.0 Å². The molecule has 0 radical (unpaired) electrons. The number of rotatable bonds is 5. The first-order valence-corrected chi connectivity index (χ1v) is 8.75. The monoisotopic (exact) mass is 320 g/mol. The molecule has 0 spiro atoms. The predicted molar refractivity (Wildman–Crippen MR) is 78.4 cm³/mol. The summed E-state index contributed by atoms with van der Waals surface area (Å²) in [6, 6.07) is 0.274. The summed E-state index contributed by atoms with van der Waals surface area (Å²) in [5.41, 5.74) is 0. The number of alkyl halides is 1. The normalized spacial score (nSPS) is 22.2. The first-order chi connectivity index (χ1) is 9.48. The van der Waals surface area contributed by atoms with Gasteiger partial charge in [-0.3, -0.25) is 4.68 Å². The van der Waals surface area contributed by atoms with Crippen molar-refractivity contribution in [3.63, 3.8) is 0 Å². The van der Waals surface area contributed by atoms with Crippen LogP contribution in [0.2, 0.25) is 0 Å². The van der Waals surface area contributed by atoms with Crippen molar-refractivity contribution < 1.29 is 8.42 Å². The summed E-state index contributed by atoms with van der Waals surface area (Å²) >= 11 is 5.64. The predicted octanol–water partition coefficient (Wildman–Crippen LogP) is 0.837. The molecule has 0 amide bonds. The second-order valence-corrected chi connectivity index (χ2v) is 7.35. The Balaban J connectivity index is 2.17. The van der Waals surface area contributed by atoms with E-state index in [2.05, 4.69) is 16.9 Å². The van der Waals surface area contributed by atoms with E-state index in [0.29, 0.717) is 25.5 Å². The van der Waals surface area contributed by atoms with Gasteiger partial charge < -0.3 is 4.90 Å². The molecule has 114 valence electrons. The Morgan fingerprint density at radius 2 is 2.20 bits per heavy atom. The summed E-state index contributed by atoms with van der Waals surface area (Å²) in [6.45, 7) is 4.41. The van der Waals surface area contributed by atoms with Gasteiger partial charge in [-0.2, -0.15) is 9.40 Å². The van der Waals surface area contributed by atoms with Crippen molar-refractivity contribution in [2.45, 2.75) is 30.8 Å². The average molecular weight is 321 g/mol. The highest BCUT2D eigenvalue weighted by atomic mass is 35.5. The third-order valence-corrected chi connectivity index (χ3v) is 5.76. The fraction of sp³-hybridized carbons (Fsp3) is 0.750. The van der Waals surface area contributed by atoms with Crippen molar-refractivity contribution in [2.24, 2.45) is 0 Å². The van der Waals surface area contributed by atoms with Gasteiger partial charge in [0.15, 0.2) is 0 Å². The smallest absolute Gasteiger partial charge is 0.246 e. The van der Waals surface area contributed by atoms with E-state index in [4.69, 9.17) is 11.6 Å². The largest absolute Gasteiger partial charge is 0.301 e. The van der Waals surface area contributed by atoms with E-state index >= 15 is 0 Å². The van der Waals surface area contributed by atoms with Crippen molar-refractivity contribution in [1.82, 2.24) is 19.0 Å². The first kappa shape index (κ1) is 15.8. The van der Waals surface area contributed by atoms with Crippen LogP contribution >= 0.6 is 11.6 Å². The average Bonchev–Trinajstić information content (AvgIpc) is 2.89. The molecular formula is C12H21ClN4O2S. The summed E-state index contributed by atoms with van der Waals surface area (Å²) in [5.74, 6) is 0.410. The SMILES string of the molecule is CCC1CN(S(=O)(=O)c2cnn(CCCl)c2)CCN1C. The molecular weight excluding hydrogens is 300 g/mol. The summed E-state index contributed by atoms with van der Waals surface area (Å²) in [6.07, 6.45) is 3.90. The molecule has 20 heavy (non-hydrogen) atoms. The second-order valence-electron chi connectivity index (χ2n) is 5.03. The van der Waals surface area contributed by atoms with Gasteiger partial charge in [0.25, 0.3) is 0 Å². The van der Waals surface area contributed by atoms with Crippen LogP contribution < -0.4 is 0 Å². The molecule has 1 aromatic rings. The lowest BCUT2D eigenvalue weighted by atomic mass is 10.1. The highest BCUT2D eigenvalue weighted by molar-refractivity contribution is 7.89. The number of hydrogen-bond acceptors (Lipinski definition) is 4. The highest BCUT2D eigenvalue weighted by Gasteiger charge is 2.32. The number of halogens is 1. The molecule has 0 aromatic carbocycles. The maximum Gasteiger partial charge on any atom is 0.246 e. The summed E-state index contributed by atoms with van der Waals surface area (Å²) in [4.78, 5) is 2.46. The molecule has 2 rings (SSSR count). The second kappa shape index (κ2) is 6.43. The topological polar surface area (TPSA) is 58.4 Å². The van der Waals surface area contributed by atoms with Gasteiger partial charge in [0.2, 0.25) is 10.0 Å². The first-order valence-electron chi connectivity index (χ1n) is 6.77. The van der Waals surface area contributed by atoms with Crippen LogP contribution in [-0.4, -0.2) is 66.0 Å². The number of aromatic nitrogens is 2. The lowest BCUT2D eigenvalue weighted by Crippen LogP contribution is -2.52. The van der Waals surface area contributed by atoms with E-state index in [1.165, 1.54) is 6.20 Å². The van der Waals surface area contributed by atoms with E-state index in [9.17, 15) is 8.42 Å². The third kappa shape index (κ3) is 3.16. The highest BCUT2D eigenvalue weighted by Crippen LogP contribution is 2.20. The van der Waals surface area contributed by atoms with Crippen molar-refractivity contribution >= 4 is 21.6 Å². The van der Waals surface area contributed by atoms with Crippen LogP contribution in [0.25, 0.3) is 0 Å². The van der Waals surface area contributed by atoms with Crippen molar-refractivity contribution in [2.75, 3.05) is 32.6 Å². The van der Waals surface area contributed by atoms with E-state index in [1.807, 2.05) is 7.05 Å². The molecule has 2 heterocycles. The minimum absolute atomic E-state index is 0.252. The molecule has 0 aliphatic carbocycles. The number of piperazine rings is 1. The van der Waals surface area contributed by atoms with E-state index < -0.39 is 10.0 Å². The van der Waals surface area contributed by atoms with Crippen LogP contribution in [0.1, 0.15) is 13.3 Å². The molecule has 0 bridgehead atoms. The zero-order valence-corrected chi connectivity index (χ0v) is 13.4. The van der Waals surface area contributed by atoms with Crippen LogP contribution in [-0.2, 0) is 16.6 Å². The van der Waals surface area contributed by atoms with Crippen LogP contribution in [0.4, 0.5) is 0 Å². The lowest BCUT2D eigenvalue weighted by molar-refractivity contribution is 0.144. The Labute approximate surface area is 125 Å². The van der Waals surface area contributed by atoms with E-state index in [-0.39, 0.29) is 10.9 Å². The molecule has 1 fully saturated rings. The molecule has 8 heteroatoms. The van der Waals surface area contributed by atoms with Crippen LogP contribution in [0, 0.1) is 0 Å². The summed E-state index contributed by atoms with van der Waals surface area (Å²) < 4.78 is 28.3. The Morgan fingerprint density at radius 1 is 1.45 bits per heavy atom. The molecule has 1 aliphatic heterocycles. The zero-order chi connectivity index (χ0) is 14.8. The van der Waals surface area contributed by atoms with Gasteiger partial charge in [-0.15, -0.1) is 11.6 Å². The van der Waals surface area contributed by atoms with Crippen molar-refractivity contribution in [3.05, 3.63) is 12.4 Å². The third-order valence-electron chi connectivity index (χ3n) is 3.77. The Morgan fingerprint density at radius 3 is 2.85 bits per heavy atom. The lowest BCUT2D eigenvalue weighted by Gasteiger charge is -2.38. The van der Waals surface area contributed by atoms with E-state index in [1.54, 1.807) is 15.2 Å².